The minimum Gasteiger partial charge on any atom is -0.461 e. The van der Waals surface area contributed by atoms with Gasteiger partial charge in [-0.15, -0.1) is 0 Å². The number of ether oxygens (including phenoxy) is 1. The number of rotatable bonds is 11. The normalized spacial score (nSPS) is 20.7. The van der Waals surface area contributed by atoms with Crippen molar-refractivity contribution in [2.24, 2.45) is 0 Å². The molecule has 1 aliphatic heterocycles. The molecule has 1 aliphatic rings. The third-order valence-electron chi connectivity index (χ3n) is 5.52. The standard InChI is InChI=1S/C22H37NO4SSi/c1-5-6-12-20-13-14-21(23(20)28(25,26)15-16-29(2,3)4)17-22(24)27-18-19-10-8-7-9-11-19/h7-11,20-21H,5-6,12-18H2,1-4H3/t20-,21-/m1/s1. The van der Waals surface area contributed by atoms with E-state index in [1.165, 1.54) is 0 Å². The maximum Gasteiger partial charge on any atom is 0.307 e. The molecule has 0 unspecified atom stereocenters. The lowest BCUT2D eigenvalue weighted by Crippen LogP contribution is -2.44. The van der Waals surface area contributed by atoms with Crippen molar-refractivity contribution in [3.05, 3.63) is 35.9 Å². The second-order valence-electron chi connectivity index (χ2n) is 9.33. The molecule has 1 fully saturated rings. The molecule has 2 atom stereocenters. The number of benzene rings is 1. The lowest BCUT2D eigenvalue weighted by Gasteiger charge is -2.30. The first-order chi connectivity index (χ1) is 13.6. The molecule has 2 rings (SSSR count). The van der Waals surface area contributed by atoms with Gasteiger partial charge >= 0.3 is 5.97 Å². The van der Waals surface area contributed by atoms with E-state index >= 15 is 0 Å². The minimum atomic E-state index is -3.37. The van der Waals surface area contributed by atoms with E-state index in [2.05, 4.69) is 26.6 Å². The number of nitrogens with zero attached hydrogens (tertiary/aromatic N) is 1. The third kappa shape index (κ3) is 7.87. The lowest BCUT2D eigenvalue weighted by molar-refractivity contribution is -0.145. The molecule has 1 saturated heterocycles. The molecule has 5 nitrogen and oxygen atoms in total. The molecular formula is C22H37NO4SSi. The molecule has 0 N–H and O–H groups in total. The van der Waals surface area contributed by atoms with Gasteiger partial charge in [-0.05, 0) is 30.9 Å². The van der Waals surface area contributed by atoms with E-state index in [0.29, 0.717) is 0 Å². The topological polar surface area (TPSA) is 63.7 Å². The van der Waals surface area contributed by atoms with E-state index < -0.39 is 18.1 Å². The van der Waals surface area contributed by atoms with E-state index in [1.807, 2.05) is 30.3 Å². The summed E-state index contributed by atoms with van der Waals surface area (Å²) < 4.78 is 33.6. The molecule has 1 heterocycles. The van der Waals surface area contributed by atoms with Crippen molar-refractivity contribution in [3.63, 3.8) is 0 Å². The minimum absolute atomic E-state index is 0.0218. The van der Waals surface area contributed by atoms with Crippen molar-refractivity contribution in [3.8, 4) is 0 Å². The van der Waals surface area contributed by atoms with Gasteiger partial charge in [-0.25, -0.2) is 8.42 Å². The van der Waals surface area contributed by atoms with Crippen LogP contribution in [0.4, 0.5) is 0 Å². The van der Waals surface area contributed by atoms with Crippen LogP contribution in [0.1, 0.15) is 51.0 Å². The van der Waals surface area contributed by atoms with Gasteiger partial charge < -0.3 is 4.74 Å². The van der Waals surface area contributed by atoms with Crippen LogP contribution in [-0.4, -0.2) is 44.6 Å². The van der Waals surface area contributed by atoms with E-state index in [-0.39, 0.29) is 36.8 Å². The Morgan fingerprint density at radius 1 is 1.14 bits per heavy atom. The predicted molar refractivity (Wildman–Crippen MR) is 121 cm³/mol. The molecule has 164 valence electrons. The predicted octanol–water partition coefficient (Wildman–Crippen LogP) is 4.81. The van der Waals surface area contributed by atoms with Gasteiger partial charge in [0, 0.05) is 20.2 Å². The fourth-order valence-electron chi connectivity index (χ4n) is 3.82. The van der Waals surface area contributed by atoms with Crippen molar-refractivity contribution in [1.82, 2.24) is 4.31 Å². The Balaban J connectivity index is 2.04. The number of hydrogen-bond donors (Lipinski definition) is 0. The van der Waals surface area contributed by atoms with Crippen LogP contribution in [0.5, 0.6) is 0 Å². The second kappa shape index (κ2) is 10.7. The molecular weight excluding hydrogens is 402 g/mol. The maximum atomic E-state index is 13.2. The molecule has 0 aromatic heterocycles. The highest BCUT2D eigenvalue weighted by Gasteiger charge is 2.42. The first-order valence-corrected chi connectivity index (χ1v) is 16.1. The Morgan fingerprint density at radius 2 is 1.79 bits per heavy atom. The van der Waals surface area contributed by atoms with E-state index in [0.717, 1.165) is 43.7 Å². The second-order valence-corrected chi connectivity index (χ2v) is 16.9. The van der Waals surface area contributed by atoms with Crippen molar-refractivity contribution >= 4 is 24.1 Å². The Hall–Kier alpha value is -1.18. The van der Waals surface area contributed by atoms with Crippen molar-refractivity contribution in [2.45, 2.75) is 89.8 Å². The smallest absolute Gasteiger partial charge is 0.307 e. The molecule has 0 radical (unpaired) electrons. The highest BCUT2D eigenvalue weighted by atomic mass is 32.2. The molecule has 0 spiro atoms. The summed E-state index contributed by atoms with van der Waals surface area (Å²) in [5.41, 5.74) is 0.938. The summed E-state index contributed by atoms with van der Waals surface area (Å²) in [7, 11) is -4.84. The largest absolute Gasteiger partial charge is 0.461 e. The van der Waals surface area contributed by atoms with Crippen LogP contribution in [0.2, 0.25) is 25.7 Å². The number of esters is 1. The number of sulfonamides is 1. The van der Waals surface area contributed by atoms with Crippen LogP contribution < -0.4 is 0 Å². The lowest BCUT2D eigenvalue weighted by atomic mass is 10.1. The molecule has 1 aromatic carbocycles. The summed E-state index contributed by atoms with van der Waals surface area (Å²) in [4.78, 5) is 12.4. The summed E-state index contributed by atoms with van der Waals surface area (Å²) in [6.45, 7) is 8.93. The van der Waals surface area contributed by atoms with Gasteiger partial charge in [-0.1, -0.05) is 69.7 Å². The van der Waals surface area contributed by atoms with Crippen molar-refractivity contribution in [1.29, 1.82) is 0 Å². The SMILES string of the molecule is CCCC[C@@H]1CC[C@H](CC(=O)OCc2ccccc2)N1S(=O)(=O)CC[Si](C)(C)C. The zero-order chi connectivity index (χ0) is 21.5. The molecule has 7 heteroatoms. The number of unbranched alkanes of at least 4 members (excludes halogenated alkanes) is 1. The molecule has 1 aromatic rings. The van der Waals surface area contributed by atoms with Gasteiger partial charge in [0.25, 0.3) is 0 Å². The first-order valence-electron chi connectivity index (χ1n) is 10.8. The first kappa shape index (κ1) is 24.1. The van der Waals surface area contributed by atoms with Gasteiger partial charge in [0.15, 0.2) is 0 Å². The summed E-state index contributed by atoms with van der Waals surface area (Å²) >= 11 is 0. The quantitative estimate of drug-likeness (QED) is 0.367. The molecule has 29 heavy (non-hydrogen) atoms. The van der Waals surface area contributed by atoms with E-state index in [4.69, 9.17) is 4.74 Å². The monoisotopic (exact) mass is 439 g/mol. The van der Waals surface area contributed by atoms with Crippen LogP contribution in [-0.2, 0) is 26.2 Å². The van der Waals surface area contributed by atoms with Gasteiger partial charge in [0.2, 0.25) is 10.0 Å². The van der Waals surface area contributed by atoms with Crippen LogP contribution in [0, 0.1) is 0 Å². The van der Waals surface area contributed by atoms with E-state index in [1.54, 1.807) is 4.31 Å². The number of carbonyl (C=O) groups excluding carboxylic acids is 1. The summed E-state index contributed by atoms with van der Waals surface area (Å²) in [6.07, 6.45) is 4.64. The highest BCUT2D eigenvalue weighted by molar-refractivity contribution is 7.89. The fourth-order valence-corrected chi connectivity index (χ4v) is 8.82. The maximum absolute atomic E-state index is 13.2. The highest BCUT2D eigenvalue weighted by Crippen LogP contribution is 2.33. The zero-order valence-corrected chi connectivity index (χ0v) is 20.2. The van der Waals surface area contributed by atoms with Crippen molar-refractivity contribution in [2.75, 3.05) is 5.75 Å². The summed E-state index contributed by atoms with van der Waals surface area (Å²) in [5, 5.41) is 0. The van der Waals surface area contributed by atoms with Crippen LogP contribution >= 0.6 is 0 Å². The zero-order valence-electron chi connectivity index (χ0n) is 18.4. The average molecular weight is 440 g/mol. The van der Waals surface area contributed by atoms with Crippen molar-refractivity contribution < 1.29 is 17.9 Å². The van der Waals surface area contributed by atoms with Crippen LogP contribution in [0.15, 0.2) is 30.3 Å². The number of carbonyl (C=O) groups is 1. The van der Waals surface area contributed by atoms with Gasteiger partial charge in [0.05, 0.1) is 12.2 Å². The van der Waals surface area contributed by atoms with Crippen LogP contribution in [0.3, 0.4) is 0 Å². The molecule has 0 bridgehead atoms. The Kier molecular flexibility index (Phi) is 8.91. The Labute approximate surface area is 177 Å². The molecule has 0 saturated carbocycles. The number of hydrogen-bond acceptors (Lipinski definition) is 4. The van der Waals surface area contributed by atoms with Crippen LogP contribution in [0.25, 0.3) is 0 Å². The Morgan fingerprint density at radius 3 is 2.41 bits per heavy atom. The summed E-state index contributed by atoms with van der Waals surface area (Å²) in [6, 6.07) is 10.1. The third-order valence-corrected chi connectivity index (χ3v) is 9.59. The average Bonchev–Trinajstić information content (AvgIpc) is 3.07. The van der Waals surface area contributed by atoms with Gasteiger partial charge in [-0.2, -0.15) is 4.31 Å². The fraction of sp³-hybridized carbons (Fsp3) is 0.682. The summed E-state index contributed by atoms with van der Waals surface area (Å²) in [5.74, 6) is -0.124. The molecule has 0 amide bonds. The van der Waals surface area contributed by atoms with Gasteiger partial charge in [0.1, 0.15) is 6.61 Å². The van der Waals surface area contributed by atoms with E-state index in [9.17, 15) is 13.2 Å². The molecule has 0 aliphatic carbocycles. The van der Waals surface area contributed by atoms with Gasteiger partial charge in [-0.3, -0.25) is 4.79 Å². The Bertz CT molecular complexity index is 746.